The van der Waals surface area contributed by atoms with E-state index in [9.17, 15) is 18.3 Å². The number of aromatic nitrogens is 2. The molecule has 2 aromatic carbocycles. The van der Waals surface area contributed by atoms with Crippen molar-refractivity contribution in [3.05, 3.63) is 77.5 Å². The normalized spacial score (nSPS) is 21.0. The van der Waals surface area contributed by atoms with Crippen molar-refractivity contribution in [3.63, 3.8) is 0 Å². The second-order valence-electron chi connectivity index (χ2n) is 9.27. The molecule has 0 radical (unpaired) electrons. The van der Waals surface area contributed by atoms with E-state index in [1.807, 2.05) is 70.2 Å². The molecule has 0 amide bonds. The van der Waals surface area contributed by atoms with Crippen molar-refractivity contribution in [2.75, 3.05) is 31.6 Å². The Balaban J connectivity index is 1.31. The van der Waals surface area contributed by atoms with E-state index in [1.54, 1.807) is 0 Å². The first-order chi connectivity index (χ1) is 17.4. The van der Waals surface area contributed by atoms with Crippen molar-refractivity contribution >= 4 is 5.82 Å². The van der Waals surface area contributed by atoms with Gasteiger partial charge in [-0.05, 0) is 37.0 Å². The molecule has 0 bridgehead atoms. The smallest absolute Gasteiger partial charge is 0.361 e. The Kier molecular flexibility index (Phi) is 7.29. The molecule has 0 saturated carbocycles. The number of nitrogens with one attached hydrogen (secondary N) is 2. The minimum absolute atomic E-state index is 0.00159. The van der Waals surface area contributed by atoms with Gasteiger partial charge in [0.25, 0.3) is 0 Å². The molecule has 1 saturated heterocycles. The Morgan fingerprint density at radius 3 is 2.47 bits per heavy atom. The molecule has 0 spiro atoms. The van der Waals surface area contributed by atoms with Crippen LogP contribution in [0.25, 0.3) is 5.69 Å². The SMILES string of the molecule is OC(Nc1c2c(nn1-c1ccccc1)CCC2)N[C@@H]1CN(CCOC(F)(F)F)C[C@H]1c1ccccc1. The predicted octanol–water partition coefficient (Wildman–Crippen LogP) is 3.64. The lowest BCUT2D eigenvalue weighted by Gasteiger charge is -2.25. The van der Waals surface area contributed by atoms with Crippen LogP contribution in [0.5, 0.6) is 0 Å². The average molecular weight is 502 g/mol. The summed E-state index contributed by atoms with van der Waals surface area (Å²) < 4.78 is 43.2. The van der Waals surface area contributed by atoms with Gasteiger partial charge < -0.3 is 10.4 Å². The maximum absolute atomic E-state index is 12.4. The van der Waals surface area contributed by atoms with Gasteiger partial charge in [0.2, 0.25) is 0 Å². The molecule has 3 atom stereocenters. The van der Waals surface area contributed by atoms with Crippen molar-refractivity contribution < 1.29 is 23.0 Å². The van der Waals surface area contributed by atoms with Gasteiger partial charge in [-0.1, -0.05) is 48.5 Å². The van der Waals surface area contributed by atoms with Gasteiger partial charge in [-0.25, -0.2) is 4.68 Å². The van der Waals surface area contributed by atoms with E-state index in [0.29, 0.717) is 13.1 Å². The Labute approximate surface area is 207 Å². The number of halogens is 3. The molecule has 1 aromatic heterocycles. The number of aliphatic hydroxyl groups excluding tert-OH is 1. The van der Waals surface area contributed by atoms with E-state index in [0.717, 1.165) is 47.6 Å². The van der Waals surface area contributed by atoms with Gasteiger partial charge in [0.05, 0.1) is 18.0 Å². The molecule has 36 heavy (non-hydrogen) atoms. The lowest BCUT2D eigenvalue weighted by atomic mass is 9.94. The van der Waals surface area contributed by atoms with E-state index < -0.39 is 19.3 Å². The van der Waals surface area contributed by atoms with Gasteiger partial charge in [-0.3, -0.25) is 15.0 Å². The van der Waals surface area contributed by atoms with Crippen LogP contribution in [0.1, 0.15) is 29.2 Å². The monoisotopic (exact) mass is 501 g/mol. The third-order valence-electron chi connectivity index (χ3n) is 6.85. The van der Waals surface area contributed by atoms with E-state index >= 15 is 0 Å². The number of aliphatic hydroxyl groups is 1. The van der Waals surface area contributed by atoms with Crippen LogP contribution in [0, 0.1) is 0 Å². The number of para-hydroxylation sites is 1. The van der Waals surface area contributed by atoms with E-state index in [-0.39, 0.29) is 18.5 Å². The highest BCUT2D eigenvalue weighted by molar-refractivity contribution is 5.55. The predicted molar refractivity (Wildman–Crippen MR) is 130 cm³/mol. The second-order valence-corrected chi connectivity index (χ2v) is 9.27. The fraction of sp³-hybridized carbons (Fsp3) is 0.423. The van der Waals surface area contributed by atoms with Gasteiger partial charge in [-0.2, -0.15) is 5.10 Å². The highest BCUT2D eigenvalue weighted by atomic mass is 19.4. The molecule has 10 heteroatoms. The minimum Gasteiger partial charge on any atom is -0.361 e. The lowest BCUT2D eigenvalue weighted by Crippen LogP contribution is -2.46. The number of fused-ring (bicyclic) bond motifs is 1. The highest BCUT2D eigenvalue weighted by Gasteiger charge is 2.36. The molecule has 3 aromatic rings. The van der Waals surface area contributed by atoms with Crippen molar-refractivity contribution in [2.45, 2.75) is 43.9 Å². The summed E-state index contributed by atoms with van der Waals surface area (Å²) in [6.45, 7) is 0.766. The van der Waals surface area contributed by atoms with E-state index in [1.165, 1.54) is 0 Å². The van der Waals surface area contributed by atoms with Crippen LogP contribution >= 0.6 is 0 Å². The van der Waals surface area contributed by atoms with Crippen LogP contribution in [0.3, 0.4) is 0 Å². The summed E-state index contributed by atoms with van der Waals surface area (Å²) >= 11 is 0. The van der Waals surface area contributed by atoms with E-state index in [4.69, 9.17) is 5.10 Å². The topological polar surface area (TPSA) is 74.6 Å². The van der Waals surface area contributed by atoms with Crippen molar-refractivity contribution in [1.82, 2.24) is 20.0 Å². The Hall–Kier alpha value is -2.92. The number of anilines is 1. The molecule has 5 rings (SSSR count). The third kappa shape index (κ3) is 5.73. The number of benzene rings is 2. The summed E-state index contributed by atoms with van der Waals surface area (Å²) in [5.41, 5.74) is 4.11. The molecule has 2 aliphatic rings. The number of alkyl halides is 3. The number of aryl methyl sites for hydroxylation is 1. The molecule has 1 aliphatic heterocycles. The zero-order valence-corrected chi connectivity index (χ0v) is 19.8. The number of hydrogen-bond donors (Lipinski definition) is 3. The van der Waals surface area contributed by atoms with Crippen LogP contribution < -0.4 is 10.6 Å². The summed E-state index contributed by atoms with van der Waals surface area (Å²) in [7, 11) is 0. The number of nitrogens with zero attached hydrogens (tertiary/aromatic N) is 3. The fourth-order valence-corrected chi connectivity index (χ4v) is 5.24. The molecular formula is C26H30F3N5O2. The number of likely N-dealkylation sites (tertiary alicyclic amines) is 1. The van der Waals surface area contributed by atoms with Crippen LogP contribution in [0.15, 0.2) is 60.7 Å². The Morgan fingerprint density at radius 2 is 1.75 bits per heavy atom. The largest absolute Gasteiger partial charge is 0.522 e. The molecule has 1 aliphatic carbocycles. The molecular weight excluding hydrogens is 471 g/mol. The Bertz CT molecular complexity index is 1140. The molecule has 192 valence electrons. The fourth-order valence-electron chi connectivity index (χ4n) is 5.24. The first-order valence-electron chi connectivity index (χ1n) is 12.2. The van der Waals surface area contributed by atoms with Crippen molar-refractivity contribution in [1.29, 1.82) is 0 Å². The number of ether oxygens (including phenoxy) is 1. The maximum Gasteiger partial charge on any atom is 0.522 e. The third-order valence-corrected chi connectivity index (χ3v) is 6.85. The summed E-state index contributed by atoms with van der Waals surface area (Å²) in [6, 6.07) is 19.4. The van der Waals surface area contributed by atoms with Crippen LogP contribution in [-0.4, -0.2) is 64.8 Å². The maximum atomic E-state index is 12.4. The first kappa shape index (κ1) is 24.8. The average Bonchev–Trinajstić information content (AvgIpc) is 3.56. The van der Waals surface area contributed by atoms with Crippen LogP contribution in [-0.2, 0) is 17.6 Å². The number of rotatable bonds is 9. The summed E-state index contributed by atoms with van der Waals surface area (Å²) in [5, 5.41) is 22.3. The van der Waals surface area contributed by atoms with Gasteiger partial charge in [0.1, 0.15) is 5.82 Å². The molecule has 2 heterocycles. The van der Waals surface area contributed by atoms with Gasteiger partial charge in [0, 0.05) is 37.2 Å². The molecule has 3 N–H and O–H groups in total. The second kappa shape index (κ2) is 10.6. The quantitative estimate of drug-likeness (QED) is 0.389. The molecule has 1 fully saturated rings. The summed E-state index contributed by atoms with van der Waals surface area (Å²) in [5.74, 6) is 0.761. The first-order valence-corrected chi connectivity index (χ1v) is 12.2. The van der Waals surface area contributed by atoms with Gasteiger partial charge >= 0.3 is 6.36 Å². The number of hydrogen-bond acceptors (Lipinski definition) is 6. The highest BCUT2D eigenvalue weighted by Crippen LogP contribution is 2.32. The Morgan fingerprint density at radius 1 is 1.03 bits per heavy atom. The minimum atomic E-state index is -4.64. The lowest BCUT2D eigenvalue weighted by molar-refractivity contribution is -0.324. The van der Waals surface area contributed by atoms with Crippen LogP contribution in [0.2, 0.25) is 0 Å². The van der Waals surface area contributed by atoms with Crippen molar-refractivity contribution in [2.24, 2.45) is 0 Å². The summed E-state index contributed by atoms with van der Waals surface area (Å²) in [4.78, 5) is 1.93. The molecule has 1 unspecified atom stereocenters. The summed E-state index contributed by atoms with van der Waals surface area (Å²) in [6.07, 6.45) is -2.89. The van der Waals surface area contributed by atoms with Crippen LogP contribution in [0.4, 0.5) is 19.0 Å². The van der Waals surface area contributed by atoms with E-state index in [2.05, 4.69) is 15.4 Å². The standard InChI is InChI=1S/C26H30F3N5O2/c27-26(28,29)36-15-14-33-16-21(18-8-3-1-4-9-18)23(17-33)30-25(35)31-24-20-12-7-13-22(20)32-34(24)19-10-5-2-6-11-19/h1-6,8-11,21,23,25,30-31,35H,7,12-17H2/t21-,23+,25?/m0/s1. The zero-order valence-electron chi connectivity index (χ0n) is 19.8. The van der Waals surface area contributed by atoms with Crippen molar-refractivity contribution in [3.8, 4) is 5.69 Å². The molecule has 7 nitrogen and oxygen atoms in total. The van der Waals surface area contributed by atoms with Gasteiger partial charge in [-0.15, -0.1) is 13.2 Å². The zero-order chi connectivity index (χ0) is 25.1. The van der Waals surface area contributed by atoms with Gasteiger partial charge in [0.15, 0.2) is 6.35 Å².